The lowest BCUT2D eigenvalue weighted by molar-refractivity contribution is 0.0492. The highest BCUT2D eigenvalue weighted by molar-refractivity contribution is 5.87. The lowest BCUT2D eigenvalue weighted by Gasteiger charge is -2.40. The lowest BCUT2D eigenvalue weighted by Crippen LogP contribution is -2.51. The van der Waals surface area contributed by atoms with Gasteiger partial charge < -0.3 is 15.0 Å². The zero-order valence-corrected chi connectivity index (χ0v) is 22.6. The van der Waals surface area contributed by atoms with E-state index < -0.39 is 5.60 Å². The standard InChI is InChI=1S/C29H32N8O2/c1-29(2,3)39-28(38)34-22-10-23-6-7-24(11-22)37(23)26-8-5-18(13-31-26)25-9-19(21-15-32-35(4)16-21)17-36-27(25)20(12-30)14-33-36/h5,8-9,13-17,22-24H,6-7,10-11H2,1-4H3,(H,34,38)/t22?,23-,24+. The van der Waals surface area contributed by atoms with Crippen molar-refractivity contribution in [2.24, 2.45) is 7.05 Å². The number of nitriles is 1. The molecule has 4 aromatic heterocycles. The summed E-state index contributed by atoms with van der Waals surface area (Å²) < 4.78 is 8.99. The molecule has 1 amide bonds. The Hall–Kier alpha value is -4.39. The van der Waals surface area contributed by atoms with Crippen molar-refractivity contribution in [2.75, 3.05) is 4.90 Å². The van der Waals surface area contributed by atoms with Gasteiger partial charge in [-0.3, -0.25) is 4.68 Å². The molecular weight excluding hydrogens is 492 g/mol. The number of aromatic nitrogens is 5. The van der Waals surface area contributed by atoms with Crippen LogP contribution in [0.5, 0.6) is 0 Å². The zero-order chi connectivity index (χ0) is 27.3. The molecule has 2 aliphatic rings. The minimum absolute atomic E-state index is 0.0997. The van der Waals surface area contributed by atoms with Crippen molar-refractivity contribution >= 4 is 17.4 Å². The van der Waals surface area contributed by atoms with Crippen molar-refractivity contribution < 1.29 is 9.53 Å². The number of alkyl carbamates (subject to hydrolysis) is 1. The summed E-state index contributed by atoms with van der Waals surface area (Å²) in [5, 5.41) is 21.5. The summed E-state index contributed by atoms with van der Waals surface area (Å²) in [5.74, 6) is 0.940. The van der Waals surface area contributed by atoms with Crippen LogP contribution >= 0.6 is 0 Å². The molecule has 1 unspecified atom stereocenters. The van der Waals surface area contributed by atoms with Gasteiger partial charge in [-0.25, -0.2) is 14.3 Å². The van der Waals surface area contributed by atoms with Crippen LogP contribution in [-0.2, 0) is 11.8 Å². The third-order valence-corrected chi connectivity index (χ3v) is 7.55. The number of aryl methyl sites for hydroxylation is 1. The first kappa shape index (κ1) is 24.9. The highest BCUT2D eigenvalue weighted by atomic mass is 16.6. The van der Waals surface area contributed by atoms with Crippen molar-refractivity contribution in [3.05, 3.63) is 54.7 Å². The zero-order valence-electron chi connectivity index (χ0n) is 22.6. The Morgan fingerprint density at radius 3 is 2.44 bits per heavy atom. The molecule has 200 valence electrons. The number of hydrogen-bond acceptors (Lipinski definition) is 7. The third kappa shape index (κ3) is 4.80. The van der Waals surface area contributed by atoms with Gasteiger partial charge in [0, 0.05) is 66.0 Å². The smallest absolute Gasteiger partial charge is 0.407 e. The quantitative estimate of drug-likeness (QED) is 0.412. The molecule has 0 spiro atoms. The van der Waals surface area contributed by atoms with Crippen molar-refractivity contribution in [1.29, 1.82) is 5.26 Å². The summed E-state index contributed by atoms with van der Waals surface area (Å²) in [6.45, 7) is 5.63. The molecule has 3 atom stereocenters. The van der Waals surface area contributed by atoms with E-state index in [0.717, 1.165) is 59.3 Å². The number of carbonyl (C=O) groups is 1. The van der Waals surface area contributed by atoms with Gasteiger partial charge in [-0.05, 0) is 64.7 Å². The van der Waals surface area contributed by atoms with Crippen molar-refractivity contribution in [1.82, 2.24) is 29.7 Å². The Morgan fingerprint density at radius 2 is 1.82 bits per heavy atom. The molecular formula is C29H32N8O2. The largest absolute Gasteiger partial charge is 0.444 e. The number of ether oxygens (including phenoxy) is 1. The molecule has 0 saturated carbocycles. The van der Waals surface area contributed by atoms with Crippen LogP contribution in [0.15, 0.2) is 49.2 Å². The van der Waals surface area contributed by atoms with Gasteiger partial charge in [0.15, 0.2) is 0 Å². The van der Waals surface area contributed by atoms with Gasteiger partial charge in [0.2, 0.25) is 0 Å². The van der Waals surface area contributed by atoms with Gasteiger partial charge in [0.1, 0.15) is 17.5 Å². The molecule has 0 aliphatic carbocycles. The van der Waals surface area contributed by atoms with E-state index in [2.05, 4.69) is 44.7 Å². The number of rotatable bonds is 4. The summed E-state index contributed by atoms with van der Waals surface area (Å²) in [7, 11) is 1.89. The lowest BCUT2D eigenvalue weighted by atomic mass is 9.97. The summed E-state index contributed by atoms with van der Waals surface area (Å²) in [4.78, 5) is 19.6. The maximum atomic E-state index is 12.3. The highest BCUT2D eigenvalue weighted by Gasteiger charge is 2.42. The Bertz CT molecular complexity index is 1560. The van der Waals surface area contributed by atoms with Crippen LogP contribution < -0.4 is 10.2 Å². The molecule has 2 bridgehead atoms. The predicted octanol–water partition coefficient (Wildman–Crippen LogP) is 4.69. The van der Waals surface area contributed by atoms with Gasteiger partial charge >= 0.3 is 6.09 Å². The Morgan fingerprint density at radius 1 is 1.05 bits per heavy atom. The van der Waals surface area contributed by atoms with Crippen molar-refractivity contribution in [2.45, 2.75) is 70.2 Å². The fraction of sp³-hybridized carbons (Fsp3) is 0.414. The first-order valence-electron chi connectivity index (χ1n) is 13.3. The van der Waals surface area contributed by atoms with Gasteiger partial charge in [0.05, 0.1) is 23.5 Å². The first-order valence-corrected chi connectivity index (χ1v) is 13.3. The van der Waals surface area contributed by atoms with Gasteiger partial charge in [0.25, 0.3) is 0 Å². The molecule has 2 saturated heterocycles. The van der Waals surface area contributed by atoms with Gasteiger partial charge in [-0.15, -0.1) is 0 Å². The number of hydrogen-bond donors (Lipinski definition) is 1. The van der Waals surface area contributed by atoms with Crippen LogP contribution in [0.4, 0.5) is 10.6 Å². The molecule has 6 heterocycles. The maximum absolute atomic E-state index is 12.3. The van der Waals surface area contributed by atoms with E-state index in [9.17, 15) is 10.1 Å². The molecule has 10 nitrogen and oxygen atoms in total. The average molecular weight is 525 g/mol. The molecule has 2 aliphatic heterocycles. The van der Waals surface area contributed by atoms with E-state index in [1.165, 1.54) is 0 Å². The Balaban J connectivity index is 1.26. The summed E-state index contributed by atoms with van der Waals surface area (Å²) in [6, 6.07) is 9.23. The van der Waals surface area contributed by atoms with Crippen molar-refractivity contribution in [3.8, 4) is 28.3 Å². The number of pyridine rings is 2. The van der Waals surface area contributed by atoms with Crippen LogP contribution in [0.3, 0.4) is 0 Å². The van der Waals surface area contributed by atoms with E-state index in [0.29, 0.717) is 17.6 Å². The molecule has 10 heteroatoms. The second kappa shape index (κ2) is 9.42. The van der Waals surface area contributed by atoms with Crippen LogP contribution in [-0.4, -0.2) is 54.2 Å². The number of fused-ring (bicyclic) bond motifs is 3. The van der Waals surface area contributed by atoms with Crippen LogP contribution in [0, 0.1) is 11.3 Å². The fourth-order valence-corrected chi connectivity index (χ4v) is 5.99. The molecule has 2 fully saturated rings. The van der Waals surface area contributed by atoms with E-state index in [-0.39, 0.29) is 12.1 Å². The van der Waals surface area contributed by atoms with E-state index in [1.54, 1.807) is 15.4 Å². The first-order chi connectivity index (χ1) is 18.7. The molecule has 0 radical (unpaired) electrons. The van der Waals surface area contributed by atoms with Crippen LogP contribution in [0.2, 0.25) is 0 Å². The third-order valence-electron chi connectivity index (χ3n) is 7.55. The Kier molecular flexibility index (Phi) is 6.02. The fourth-order valence-electron chi connectivity index (χ4n) is 5.99. The van der Waals surface area contributed by atoms with Crippen LogP contribution in [0.25, 0.3) is 27.8 Å². The summed E-state index contributed by atoms with van der Waals surface area (Å²) in [5.41, 5.74) is 4.51. The molecule has 0 aromatic carbocycles. The minimum atomic E-state index is -0.510. The Labute approximate surface area is 227 Å². The van der Waals surface area contributed by atoms with Crippen LogP contribution in [0.1, 0.15) is 52.0 Å². The minimum Gasteiger partial charge on any atom is -0.444 e. The SMILES string of the molecule is Cn1cc(-c2cc(-c3ccc(N4[C@@H]5CC[C@H]4CC(NC(=O)OC(C)(C)C)C5)nc3)c3c(C#N)cnn3c2)cn1. The number of amides is 1. The topological polar surface area (TPSA) is 113 Å². The van der Waals surface area contributed by atoms with E-state index in [4.69, 9.17) is 9.72 Å². The van der Waals surface area contributed by atoms with Gasteiger partial charge in [-0.1, -0.05) is 0 Å². The number of anilines is 1. The summed E-state index contributed by atoms with van der Waals surface area (Å²) in [6.07, 6.45) is 12.7. The number of carbonyl (C=O) groups excluding carboxylic acids is 1. The van der Waals surface area contributed by atoms with Gasteiger partial charge in [-0.2, -0.15) is 15.5 Å². The molecule has 6 rings (SSSR count). The molecule has 4 aromatic rings. The van der Waals surface area contributed by atoms with E-state index >= 15 is 0 Å². The monoisotopic (exact) mass is 524 g/mol. The number of nitrogens with zero attached hydrogens (tertiary/aromatic N) is 7. The average Bonchev–Trinajstić information content (AvgIpc) is 3.58. The molecule has 1 N–H and O–H groups in total. The normalized spacial score (nSPS) is 20.7. The second-order valence-electron chi connectivity index (χ2n) is 11.5. The maximum Gasteiger partial charge on any atom is 0.407 e. The van der Waals surface area contributed by atoms with E-state index in [1.807, 2.05) is 52.6 Å². The number of piperidine rings is 1. The molecule has 39 heavy (non-hydrogen) atoms. The van der Waals surface area contributed by atoms with Crippen molar-refractivity contribution in [3.63, 3.8) is 0 Å². The number of nitrogens with one attached hydrogen (secondary N) is 1. The predicted molar refractivity (Wildman–Crippen MR) is 147 cm³/mol. The summed E-state index contributed by atoms with van der Waals surface area (Å²) >= 11 is 0. The highest BCUT2D eigenvalue weighted by Crippen LogP contribution is 2.39. The second-order valence-corrected chi connectivity index (χ2v) is 11.5.